The smallest absolute Gasteiger partial charge is 0.261 e. The lowest BCUT2D eigenvalue weighted by Gasteiger charge is -2.34. The Balaban J connectivity index is 1.38. The van der Waals surface area contributed by atoms with E-state index in [2.05, 4.69) is 53.6 Å². The molecule has 10 heteroatoms. The third-order valence-electron chi connectivity index (χ3n) is 7.29. The van der Waals surface area contributed by atoms with Gasteiger partial charge >= 0.3 is 0 Å². The predicted molar refractivity (Wildman–Crippen MR) is 158 cm³/mol. The number of hydrogen-bond acceptors (Lipinski definition) is 6. The molecule has 0 saturated carbocycles. The molecule has 1 aliphatic heterocycles. The Bertz CT molecular complexity index is 1570. The summed E-state index contributed by atoms with van der Waals surface area (Å²) in [6.07, 6.45) is 2.61. The summed E-state index contributed by atoms with van der Waals surface area (Å²) in [6, 6.07) is 11.9. The molecular formula is C29H33BrN6O3. The number of pyridine rings is 1. The Hall–Kier alpha value is -3.63. The third-order valence-corrected chi connectivity index (χ3v) is 8.15. The topological polar surface area (TPSA) is 126 Å². The van der Waals surface area contributed by atoms with Gasteiger partial charge in [0, 0.05) is 49.0 Å². The number of aliphatic hydroxyl groups is 1. The Morgan fingerprint density at radius 1 is 1.18 bits per heavy atom. The van der Waals surface area contributed by atoms with E-state index >= 15 is 0 Å². The fraction of sp³-hybridized carbons (Fsp3) is 0.345. The van der Waals surface area contributed by atoms with Crippen LogP contribution in [-0.2, 0) is 4.79 Å². The first kappa shape index (κ1) is 27.0. The van der Waals surface area contributed by atoms with Crippen LogP contribution < -0.4 is 21.1 Å². The van der Waals surface area contributed by atoms with Crippen molar-refractivity contribution >= 4 is 44.2 Å². The van der Waals surface area contributed by atoms with Crippen molar-refractivity contribution in [2.45, 2.75) is 45.8 Å². The van der Waals surface area contributed by atoms with Crippen molar-refractivity contribution in [3.63, 3.8) is 0 Å². The van der Waals surface area contributed by atoms with Crippen LogP contribution in [0.15, 0.2) is 51.9 Å². The van der Waals surface area contributed by atoms with E-state index in [1.165, 1.54) is 0 Å². The van der Waals surface area contributed by atoms with Gasteiger partial charge in [-0.2, -0.15) is 0 Å². The molecule has 1 saturated heterocycles. The highest BCUT2D eigenvalue weighted by Gasteiger charge is 2.22. The molecule has 9 nitrogen and oxygen atoms in total. The van der Waals surface area contributed by atoms with Crippen molar-refractivity contribution in [2.75, 3.05) is 29.9 Å². The maximum Gasteiger partial charge on any atom is 0.261 e. The maximum absolute atomic E-state index is 13.0. The Labute approximate surface area is 235 Å². The lowest BCUT2D eigenvalue weighted by molar-refractivity contribution is -0.119. The standard InChI is InChI=1S/C29H33BrN6O3/c1-16-4-5-19(13-22(16)30)25(38)15-32-23-6-9-31-29(39)26(23)28-34-24-14-21(12-17(2)27(24)35-28)36-10-7-20(8-11-36)33-18(3)37/h4-6,9,12-14,20,25,38H,7-8,10-11,15H2,1-3H3,(H,33,37)(H,34,35)(H2,31,32,39)/t25-/m1/s1. The second-order valence-electron chi connectivity index (χ2n) is 10.2. The van der Waals surface area contributed by atoms with Gasteiger partial charge in [0.1, 0.15) is 11.4 Å². The molecule has 3 heterocycles. The number of fused-ring (bicyclic) bond motifs is 1. The molecule has 0 spiro atoms. The summed E-state index contributed by atoms with van der Waals surface area (Å²) in [6.45, 7) is 7.50. The number of carbonyl (C=O) groups is 1. The normalized spacial score (nSPS) is 14.9. The monoisotopic (exact) mass is 592 g/mol. The van der Waals surface area contributed by atoms with Crippen LogP contribution >= 0.6 is 15.9 Å². The number of aromatic nitrogens is 3. The van der Waals surface area contributed by atoms with Crippen LogP contribution in [0, 0.1) is 13.8 Å². The number of imidazole rings is 1. The van der Waals surface area contributed by atoms with Crippen LogP contribution in [0.3, 0.4) is 0 Å². The van der Waals surface area contributed by atoms with Gasteiger partial charge in [-0.05, 0) is 67.6 Å². The molecule has 0 radical (unpaired) electrons. The third kappa shape index (κ3) is 5.86. The van der Waals surface area contributed by atoms with Crippen LogP contribution in [0.2, 0.25) is 0 Å². The summed E-state index contributed by atoms with van der Waals surface area (Å²) < 4.78 is 0.935. The molecule has 1 amide bonds. The first-order valence-corrected chi connectivity index (χ1v) is 13.9. The second-order valence-corrected chi connectivity index (χ2v) is 11.1. The van der Waals surface area contributed by atoms with E-state index in [0.29, 0.717) is 17.1 Å². The highest BCUT2D eigenvalue weighted by atomic mass is 79.9. The van der Waals surface area contributed by atoms with E-state index in [4.69, 9.17) is 4.98 Å². The van der Waals surface area contributed by atoms with E-state index in [1.807, 2.05) is 32.0 Å². The molecule has 5 rings (SSSR count). The molecule has 4 aromatic rings. The number of hydrogen-bond donors (Lipinski definition) is 5. The van der Waals surface area contributed by atoms with Crippen molar-refractivity contribution in [3.05, 3.63) is 74.1 Å². The zero-order valence-corrected chi connectivity index (χ0v) is 23.9. The molecule has 2 aromatic heterocycles. The van der Waals surface area contributed by atoms with Crippen LogP contribution in [0.25, 0.3) is 22.4 Å². The minimum Gasteiger partial charge on any atom is -0.387 e. The average molecular weight is 594 g/mol. The zero-order valence-electron chi connectivity index (χ0n) is 22.3. The van der Waals surface area contributed by atoms with Crippen molar-refractivity contribution in [2.24, 2.45) is 0 Å². The number of nitrogens with one attached hydrogen (secondary N) is 4. The minimum absolute atomic E-state index is 0.0122. The number of aromatic amines is 2. The van der Waals surface area contributed by atoms with Crippen LogP contribution in [-0.4, -0.2) is 51.6 Å². The number of rotatable bonds is 7. The lowest BCUT2D eigenvalue weighted by Crippen LogP contribution is -2.44. The number of aryl methyl sites for hydroxylation is 2. The van der Waals surface area contributed by atoms with Gasteiger partial charge in [0.05, 0.1) is 22.8 Å². The predicted octanol–water partition coefficient (Wildman–Crippen LogP) is 4.55. The van der Waals surface area contributed by atoms with Crippen molar-refractivity contribution in [1.82, 2.24) is 20.3 Å². The number of carbonyl (C=O) groups excluding carboxylic acids is 1. The summed E-state index contributed by atoms with van der Waals surface area (Å²) in [5.41, 5.74) is 6.32. The maximum atomic E-state index is 13.0. The van der Waals surface area contributed by atoms with Crippen molar-refractivity contribution < 1.29 is 9.90 Å². The number of amides is 1. The van der Waals surface area contributed by atoms with Gasteiger partial charge in [-0.1, -0.05) is 28.1 Å². The van der Waals surface area contributed by atoms with Gasteiger partial charge in [-0.25, -0.2) is 4.98 Å². The minimum atomic E-state index is -0.760. The van der Waals surface area contributed by atoms with E-state index in [1.54, 1.807) is 19.2 Å². The van der Waals surface area contributed by atoms with Gasteiger partial charge in [-0.3, -0.25) is 9.59 Å². The van der Waals surface area contributed by atoms with Gasteiger partial charge in [0.15, 0.2) is 0 Å². The summed E-state index contributed by atoms with van der Waals surface area (Å²) in [5.74, 6) is 0.477. The molecule has 1 atom stereocenters. The number of halogens is 1. The first-order chi connectivity index (χ1) is 18.7. The number of nitrogens with zero attached hydrogens (tertiary/aromatic N) is 2. The van der Waals surface area contributed by atoms with Gasteiger partial charge in [-0.15, -0.1) is 0 Å². The molecule has 5 N–H and O–H groups in total. The molecule has 2 aromatic carbocycles. The molecule has 0 bridgehead atoms. The van der Waals surface area contributed by atoms with Gasteiger partial charge in [0.2, 0.25) is 5.91 Å². The Kier molecular flexibility index (Phi) is 7.76. The molecule has 1 aliphatic rings. The Morgan fingerprint density at radius 2 is 1.95 bits per heavy atom. The van der Waals surface area contributed by atoms with Gasteiger partial charge in [0.25, 0.3) is 5.56 Å². The second kappa shape index (κ2) is 11.2. The fourth-order valence-corrected chi connectivity index (χ4v) is 5.54. The van der Waals surface area contributed by atoms with Crippen LogP contribution in [0.1, 0.15) is 42.6 Å². The molecule has 0 aliphatic carbocycles. The van der Waals surface area contributed by atoms with Crippen LogP contribution in [0.5, 0.6) is 0 Å². The number of benzene rings is 2. The number of piperidine rings is 1. The number of aliphatic hydroxyl groups excluding tert-OH is 1. The molecular weight excluding hydrogens is 560 g/mol. The summed E-state index contributed by atoms with van der Waals surface area (Å²) >= 11 is 3.52. The van der Waals surface area contributed by atoms with E-state index in [-0.39, 0.29) is 24.1 Å². The fourth-order valence-electron chi connectivity index (χ4n) is 5.14. The number of anilines is 2. The summed E-state index contributed by atoms with van der Waals surface area (Å²) in [5, 5.41) is 17.0. The average Bonchev–Trinajstić information content (AvgIpc) is 3.33. The molecule has 39 heavy (non-hydrogen) atoms. The SMILES string of the molecule is CC(=O)NC1CCN(c2cc(C)c3nc(-c4c(NC[C@@H](O)c5ccc(C)c(Br)c5)cc[nH]c4=O)[nH]c3c2)CC1. The summed E-state index contributed by atoms with van der Waals surface area (Å²) in [4.78, 5) is 37.6. The highest BCUT2D eigenvalue weighted by molar-refractivity contribution is 9.10. The van der Waals surface area contributed by atoms with E-state index in [0.717, 1.165) is 63.8 Å². The van der Waals surface area contributed by atoms with Crippen LogP contribution in [0.4, 0.5) is 11.4 Å². The Morgan fingerprint density at radius 3 is 2.67 bits per heavy atom. The van der Waals surface area contributed by atoms with Gasteiger partial charge < -0.3 is 30.6 Å². The molecule has 1 fully saturated rings. The quantitative estimate of drug-likeness (QED) is 0.214. The van der Waals surface area contributed by atoms with E-state index < -0.39 is 6.10 Å². The largest absolute Gasteiger partial charge is 0.387 e. The first-order valence-electron chi connectivity index (χ1n) is 13.1. The highest BCUT2D eigenvalue weighted by Crippen LogP contribution is 2.31. The zero-order chi connectivity index (χ0) is 27.7. The van der Waals surface area contributed by atoms with E-state index in [9.17, 15) is 14.7 Å². The summed E-state index contributed by atoms with van der Waals surface area (Å²) in [7, 11) is 0. The molecule has 204 valence electrons. The van der Waals surface area contributed by atoms with Crippen molar-refractivity contribution in [3.8, 4) is 11.4 Å². The number of H-pyrrole nitrogens is 2. The lowest BCUT2D eigenvalue weighted by atomic mass is 10.0. The van der Waals surface area contributed by atoms with Crippen molar-refractivity contribution in [1.29, 1.82) is 0 Å². The molecule has 0 unspecified atom stereocenters.